The standard InChI is InChI=1S/2C8H15NO4S.Ca/c2*1-6(2)7(10)9-8(3,4)5-14(11,12)13;/h2*1,5H2,2-4H3,(H,9,10)(H,11,12,13);/q;;+2/p-2. The summed E-state index contributed by atoms with van der Waals surface area (Å²) >= 11 is 0. The van der Waals surface area contributed by atoms with Crippen LogP contribution in [-0.2, 0) is 29.8 Å². The molecule has 0 spiro atoms. The first kappa shape index (κ1) is 33.1. The Bertz CT molecular complexity index is 761. The molecule has 0 bridgehead atoms. The van der Waals surface area contributed by atoms with Gasteiger partial charge in [-0.2, -0.15) is 0 Å². The van der Waals surface area contributed by atoms with Gasteiger partial charge in [-0.15, -0.1) is 0 Å². The number of carbonyl (C=O) groups excluding carboxylic acids is 2. The Hall–Kier alpha value is -0.500. The second kappa shape index (κ2) is 12.4. The maximum atomic E-state index is 11.1. The van der Waals surface area contributed by atoms with E-state index in [1.54, 1.807) is 0 Å². The quantitative estimate of drug-likeness (QED) is 0.269. The minimum absolute atomic E-state index is 0. The van der Waals surface area contributed by atoms with E-state index in [4.69, 9.17) is 0 Å². The van der Waals surface area contributed by atoms with Crippen molar-refractivity contribution in [1.82, 2.24) is 10.6 Å². The maximum absolute atomic E-state index is 11.1. The molecule has 0 fully saturated rings. The van der Waals surface area contributed by atoms with Crippen molar-refractivity contribution in [2.75, 3.05) is 11.5 Å². The summed E-state index contributed by atoms with van der Waals surface area (Å²) in [4.78, 5) is 22.3. The molecule has 0 aliphatic heterocycles. The molecule has 29 heavy (non-hydrogen) atoms. The fraction of sp³-hybridized carbons (Fsp3) is 0.625. The van der Waals surface area contributed by atoms with E-state index in [2.05, 4.69) is 23.8 Å². The second-order valence-electron chi connectivity index (χ2n) is 7.64. The molecule has 0 aromatic heterocycles. The monoisotopic (exact) mass is 480 g/mol. The van der Waals surface area contributed by atoms with Gasteiger partial charge in [0.2, 0.25) is 11.8 Å². The van der Waals surface area contributed by atoms with E-state index in [9.17, 15) is 35.5 Å². The van der Waals surface area contributed by atoms with Gasteiger partial charge in [0, 0.05) is 22.2 Å². The topological polar surface area (TPSA) is 173 Å². The van der Waals surface area contributed by atoms with Crippen LogP contribution in [0.4, 0.5) is 0 Å². The SMILES string of the molecule is C=C(C)C(=O)NC(C)(C)CS(=O)(=O)[O-].C=C(C)C(=O)NC(C)(C)CS(=O)(=O)[O-].[Ca+2]. The van der Waals surface area contributed by atoms with Crippen LogP contribution >= 0.6 is 0 Å². The predicted octanol–water partition coefficient (Wildman–Crippen LogP) is -0.376. The van der Waals surface area contributed by atoms with E-state index in [-0.39, 0.29) is 48.9 Å². The zero-order chi connectivity index (χ0) is 23.1. The summed E-state index contributed by atoms with van der Waals surface area (Å²) in [6, 6.07) is 0. The molecule has 10 nitrogen and oxygen atoms in total. The van der Waals surface area contributed by atoms with Crippen molar-refractivity contribution in [1.29, 1.82) is 0 Å². The van der Waals surface area contributed by atoms with Crippen molar-refractivity contribution >= 4 is 69.8 Å². The van der Waals surface area contributed by atoms with Gasteiger partial charge in [0.25, 0.3) is 0 Å². The fourth-order valence-corrected chi connectivity index (χ4v) is 3.70. The van der Waals surface area contributed by atoms with Gasteiger partial charge in [0.15, 0.2) is 0 Å². The summed E-state index contributed by atoms with van der Waals surface area (Å²) in [5.74, 6) is -2.20. The summed E-state index contributed by atoms with van der Waals surface area (Å²) in [5.41, 5.74) is -1.62. The molecule has 0 aromatic carbocycles. The molecular formula is C16H28CaN2O8S2. The van der Waals surface area contributed by atoms with Gasteiger partial charge in [-0.1, -0.05) is 13.2 Å². The van der Waals surface area contributed by atoms with Crippen LogP contribution in [0, 0.1) is 0 Å². The minimum atomic E-state index is -4.35. The van der Waals surface area contributed by atoms with Crippen LogP contribution < -0.4 is 10.6 Å². The van der Waals surface area contributed by atoms with Crippen LogP contribution in [0.15, 0.2) is 24.3 Å². The Labute approximate surface area is 203 Å². The Kier molecular flexibility index (Phi) is 14.1. The van der Waals surface area contributed by atoms with Gasteiger partial charge in [0.05, 0.1) is 31.7 Å². The molecule has 0 aliphatic carbocycles. The predicted molar refractivity (Wildman–Crippen MR) is 109 cm³/mol. The minimum Gasteiger partial charge on any atom is -0.748 e. The molecule has 0 saturated heterocycles. The molecule has 0 aromatic rings. The molecule has 164 valence electrons. The van der Waals surface area contributed by atoms with Gasteiger partial charge in [-0.05, 0) is 41.5 Å². The van der Waals surface area contributed by atoms with Gasteiger partial charge in [-0.3, -0.25) is 9.59 Å². The van der Waals surface area contributed by atoms with Gasteiger partial charge < -0.3 is 19.7 Å². The van der Waals surface area contributed by atoms with Gasteiger partial charge in [0.1, 0.15) is 0 Å². The molecule has 0 heterocycles. The van der Waals surface area contributed by atoms with E-state index in [0.717, 1.165) is 0 Å². The average molecular weight is 481 g/mol. The van der Waals surface area contributed by atoms with Crippen LogP contribution in [0.5, 0.6) is 0 Å². The number of hydrogen-bond donors (Lipinski definition) is 2. The largest absolute Gasteiger partial charge is 2.00 e. The third-order valence-corrected chi connectivity index (χ3v) is 4.90. The number of carbonyl (C=O) groups is 2. The van der Waals surface area contributed by atoms with E-state index in [0.29, 0.717) is 0 Å². The van der Waals surface area contributed by atoms with E-state index < -0.39 is 54.6 Å². The molecule has 2 N–H and O–H groups in total. The number of nitrogens with one attached hydrogen (secondary N) is 2. The molecule has 0 radical (unpaired) electrons. The van der Waals surface area contributed by atoms with E-state index in [1.165, 1.54) is 41.5 Å². The smallest absolute Gasteiger partial charge is 0.748 e. The average Bonchev–Trinajstić information content (AvgIpc) is 2.31. The molecule has 0 aliphatic rings. The third-order valence-electron chi connectivity index (χ3n) is 2.75. The molecule has 2 amide bonds. The number of hydrogen-bond acceptors (Lipinski definition) is 8. The molecule has 0 atom stereocenters. The number of rotatable bonds is 8. The Balaban J connectivity index is -0.000000451. The molecule has 13 heteroatoms. The summed E-state index contributed by atoms with van der Waals surface area (Å²) in [5, 5.41) is 4.79. The summed E-state index contributed by atoms with van der Waals surface area (Å²) in [6.45, 7) is 15.6. The zero-order valence-corrected chi connectivity index (χ0v) is 21.5. The van der Waals surface area contributed by atoms with E-state index in [1.807, 2.05) is 0 Å². The van der Waals surface area contributed by atoms with Gasteiger partial charge >= 0.3 is 37.7 Å². The van der Waals surface area contributed by atoms with Crippen molar-refractivity contribution in [3.05, 3.63) is 24.3 Å². The Morgan fingerprint density at radius 1 is 0.759 bits per heavy atom. The van der Waals surface area contributed by atoms with Crippen molar-refractivity contribution < 1.29 is 35.5 Å². The maximum Gasteiger partial charge on any atom is 2.00 e. The van der Waals surface area contributed by atoms with Crippen LogP contribution in [0.2, 0.25) is 0 Å². The normalized spacial score (nSPS) is 11.9. The zero-order valence-electron chi connectivity index (χ0n) is 17.6. The third kappa shape index (κ3) is 20.5. The summed E-state index contributed by atoms with van der Waals surface area (Å²) < 4.78 is 62.8. The van der Waals surface area contributed by atoms with Crippen LogP contribution in [0.1, 0.15) is 41.5 Å². The second-order valence-corrected chi connectivity index (χ2v) is 10.4. The van der Waals surface area contributed by atoms with Crippen molar-refractivity contribution in [3.63, 3.8) is 0 Å². The van der Waals surface area contributed by atoms with E-state index >= 15 is 0 Å². The first-order valence-electron chi connectivity index (χ1n) is 7.90. The molecule has 0 saturated carbocycles. The fourth-order valence-electron chi connectivity index (χ4n) is 1.78. The molecule has 0 rings (SSSR count). The van der Waals surface area contributed by atoms with Crippen LogP contribution in [0.25, 0.3) is 0 Å². The van der Waals surface area contributed by atoms with Crippen molar-refractivity contribution in [2.45, 2.75) is 52.6 Å². The van der Waals surface area contributed by atoms with Crippen molar-refractivity contribution in [3.8, 4) is 0 Å². The Morgan fingerprint density at radius 3 is 1.10 bits per heavy atom. The molecule has 0 unspecified atom stereocenters. The summed E-state index contributed by atoms with van der Waals surface area (Å²) in [7, 11) is -8.70. The number of amides is 2. The first-order chi connectivity index (χ1) is 12.1. The van der Waals surface area contributed by atoms with Crippen LogP contribution in [-0.4, -0.2) is 98.1 Å². The van der Waals surface area contributed by atoms with Gasteiger partial charge in [-0.25, -0.2) is 16.8 Å². The first-order valence-corrected chi connectivity index (χ1v) is 11.1. The van der Waals surface area contributed by atoms with Crippen molar-refractivity contribution in [2.24, 2.45) is 0 Å². The summed E-state index contributed by atoms with van der Waals surface area (Å²) in [6.07, 6.45) is 0. The molecular weight excluding hydrogens is 452 g/mol. The Morgan fingerprint density at radius 2 is 0.966 bits per heavy atom. The van der Waals surface area contributed by atoms with Crippen LogP contribution in [0.3, 0.4) is 0 Å².